The number of nitrogens with zero attached hydrogens (tertiary/aromatic N) is 4. The fourth-order valence-electron chi connectivity index (χ4n) is 11.6. The first-order valence-corrected chi connectivity index (χ1v) is 23.9. The van der Waals surface area contributed by atoms with Crippen LogP contribution in [0, 0.1) is 0 Å². The van der Waals surface area contributed by atoms with E-state index in [2.05, 4.69) is 251 Å². The molecule has 0 aliphatic carbocycles. The lowest BCUT2D eigenvalue weighted by atomic mass is 10.00. The van der Waals surface area contributed by atoms with Crippen LogP contribution < -0.4 is 9.80 Å². The largest absolute Gasteiger partial charge is 0.456 e. The highest BCUT2D eigenvalue weighted by molar-refractivity contribution is 6.28. The van der Waals surface area contributed by atoms with Crippen molar-refractivity contribution in [3.8, 4) is 0 Å². The van der Waals surface area contributed by atoms with Crippen molar-refractivity contribution in [1.82, 2.24) is 9.13 Å². The van der Waals surface area contributed by atoms with Crippen LogP contribution in [0.4, 0.5) is 34.1 Å². The molecule has 0 saturated heterocycles. The second kappa shape index (κ2) is 14.6. The molecule has 0 radical (unpaired) electrons. The summed E-state index contributed by atoms with van der Waals surface area (Å²) >= 11 is 0. The molecule has 0 fully saturated rings. The quantitative estimate of drug-likeness (QED) is 0.167. The zero-order chi connectivity index (χ0) is 46.2. The van der Waals surface area contributed by atoms with Gasteiger partial charge in [-0.15, -0.1) is 0 Å². The molecule has 0 spiro atoms. The highest BCUT2D eigenvalue weighted by Crippen LogP contribution is 2.47. The van der Waals surface area contributed by atoms with Crippen LogP contribution in [0.2, 0.25) is 0 Å². The van der Waals surface area contributed by atoms with E-state index in [9.17, 15) is 0 Å². The van der Waals surface area contributed by atoms with Crippen LogP contribution in [0.25, 0.3) is 109 Å². The van der Waals surface area contributed by atoms with Gasteiger partial charge in [0.1, 0.15) is 22.3 Å². The van der Waals surface area contributed by atoms with E-state index in [-0.39, 0.29) is 0 Å². The number of rotatable bonds is 6. The van der Waals surface area contributed by atoms with Gasteiger partial charge in [-0.3, -0.25) is 0 Å². The maximum Gasteiger partial charge on any atom is 0.136 e. The van der Waals surface area contributed by atoms with Crippen LogP contribution in [-0.4, -0.2) is 9.13 Å². The predicted molar refractivity (Wildman–Crippen MR) is 293 cm³/mol. The summed E-state index contributed by atoms with van der Waals surface area (Å²) in [5, 5.41) is 13.7. The zero-order valence-electron chi connectivity index (χ0n) is 38.4. The van der Waals surface area contributed by atoms with Crippen LogP contribution >= 0.6 is 0 Å². The second-order valence-electron chi connectivity index (χ2n) is 18.6. The monoisotopic (exact) mass is 898 g/mol. The fraction of sp³-hybridized carbons (Fsp3) is 0.0312. The van der Waals surface area contributed by atoms with Gasteiger partial charge in [-0.25, -0.2) is 0 Å². The van der Waals surface area contributed by atoms with E-state index in [0.717, 1.165) is 99.5 Å². The molecular weight excluding hydrogens is 857 g/mol. The Kier molecular flexibility index (Phi) is 8.10. The third-order valence-corrected chi connectivity index (χ3v) is 14.8. The van der Waals surface area contributed by atoms with E-state index >= 15 is 0 Å². The van der Waals surface area contributed by atoms with Crippen LogP contribution in [0.5, 0.6) is 0 Å². The standard InChI is InChI=1S/C64H42N4O2/c1-65-51-21-11-9-19-47(51)61-53(65)23-13-25-55(61)67(43-15-5-3-6-16-43)45-29-27-39-35-49-59(37-41(39)33-45)69-57-31-32-58-64(63(49)57)50-36-40-28-30-46(34-42(40)38-60(50)70-58)68(44-17-7-4-8-18-44)56-26-14-24-54-62(56)48-20-10-12-22-52(48)66(54)2/h3-38H,1-2H3. The number of furan rings is 2. The molecule has 0 amide bonds. The van der Waals surface area contributed by atoms with Gasteiger partial charge >= 0.3 is 0 Å². The number of anilines is 6. The highest BCUT2D eigenvalue weighted by Gasteiger charge is 2.23. The van der Waals surface area contributed by atoms with Gasteiger partial charge in [0, 0.05) is 91.0 Å². The molecule has 0 unspecified atom stereocenters. The van der Waals surface area contributed by atoms with Gasteiger partial charge in [-0.2, -0.15) is 0 Å². The Bertz CT molecular complexity index is 4340. The molecule has 15 aromatic rings. The molecule has 0 aliphatic heterocycles. The summed E-state index contributed by atoms with van der Waals surface area (Å²) < 4.78 is 18.1. The minimum absolute atomic E-state index is 0.839. The lowest BCUT2D eigenvalue weighted by Gasteiger charge is -2.27. The Balaban J connectivity index is 0.875. The Morgan fingerprint density at radius 3 is 1.16 bits per heavy atom. The smallest absolute Gasteiger partial charge is 0.136 e. The Labute approximate surface area is 401 Å². The van der Waals surface area contributed by atoms with Crippen LogP contribution in [0.1, 0.15) is 0 Å². The number of aryl methyl sites for hydroxylation is 2. The second-order valence-corrected chi connectivity index (χ2v) is 18.6. The van der Waals surface area contributed by atoms with Gasteiger partial charge < -0.3 is 27.8 Å². The molecular formula is C64H42N4O2. The van der Waals surface area contributed by atoms with Gasteiger partial charge in [-0.1, -0.05) is 97.1 Å². The van der Waals surface area contributed by atoms with E-state index in [1.54, 1.807) is 0 Å². The number of benzene rings is 11. The molecule has 6 heteroatoms. The topological polar surface area (TPSA) is 42.6 Å². The first kappa shape index (κ1) is 38.8. The van der Waals surface area contributed by atoms with Crippen molar-refractivity contribution in [3.63, 3.8) is 0 Å². The third-order valence-electron chi connectivity index (χ3n) is 14.8. The minimum Gasteiger partial charge on any atom is -0.456 e. The number of hydrogen-bond acceptors (Lipinski definition) is 4. The van der Waals surface area contributed by atoms with Gasteiger partial charge in [0.05, 0.1) is 22.4 Å². The molecule has 0 aliphatic rings. The highest BCUT2D eigenvalue weighted by atomic mass is 16.3. The predicted octanol–water partition coefficient (Wildman–Crippen LogP) is 18.0. The summed E-state index contributed by atoms with van der Waals surface area (Å²) in [7, 11) is 4.31. The van der Waals surface area contributed by atoms with Crippen molar-refractivity contribution in [1.29, 1.82) is 0 Å². The van der Waals surface area contributed by atoms with E-state index in [1.807, 2.05) is 0 Å². The van der Waals surface area contributed by atoms with Gasteiger partial charge in [0.2, 0.25) is 0 Å². The van der Waals surface area contributed by atoms with Crippen molar-refractivity contribution in [2.24, 2.45) is 14.1 Å². The number of aromatic nitrogens is 2. The molecule has 4 heterocycles. The van der Waals surface area contributed by atoms with E-state index in [0.29, 0.717) is 0 Å². The molecule has 6 nitrogen and oxygen atoms in total. The SMILES string of the molecule is Cn1c2ccccc2c2c(N(c3ccccc3)c3ccc4cc5c(cc4c3)oc3ccc4oc6cc7cc(N(c8ccccc8)c8cccc9c8c8ccccc8n9C)ccc7cc6c4c35)cccc21. The number of hydrogen-bond donors (Lipinski definition) is 0. The summed E-state index contributed by atoms with van der Waals surface area (Å²) in [6.07, 6.45) is 0. The van der Waals surface area contributed by atoms with Crippen molar-refractivity contribution in [2.75, 3.05) is 9.80 Å². The lowest BCUT2D eigenvalue weighted by molar-refractivity contribution is 0.663. The first-order valence-electron chi connectivity index (χ1n) is 23.9. The molecule has 15 rings (SSSR count). The maximum absolute atomic E-state index is 6.77. The van der Waals surface area contributed by atoms with Crippen LogP contribution in [-0.2, 0) is 14.1 Å². The van der Waals surface area contributed by atoms with Crippen molar-refractivity contribution in [2.45, 2.75) is 0 Å². The molecule has 0 bridgehead atoms. The molecule has 11 aromatic carbocycles. The van der Waals surface area contributed by atoms with Gasteiger partial charge in [-0.05, 0) is 143 Å². The summed E-state index contributed by atoms with van der Waals surface area (Å²) in [5.41, 5.74) is 14.8. The third kappa shape index (κ3) is 5.56. The Morgan fingerprint density at radius 1 is 0.286 bits per heavy atom. The van der Waals surface area contributed by atoms with Crippen molar-refractivity contribution < 1.29 is 8.83 Å². The summed E-state index contributed by atoms with van der Waals surface area (Å²) in [4.78, 5) is 4.77. The van der Waals surface area contributed by atoms with Crippen LogP contribution in [0.3, 0.4) is 0 Å². The van der Waals surface area contributed by atoms with Gasteiger partial charge in [0.15, 0.2) is 0 Å². The van der Waals surface area contributed by atoms with Crippen molar-refractivity contribution >= 4 is 143 Å². The molecule has 0 saturated carbocycles. The van der Waals surface area contributed by atoms with Crippen molar-refractivity contribution in [3.05, 3.63) is 218 Å². The average Bonchev–Trinajstić information content (AvgIpc) is 4.13. The number of fused-ring (bicyclic) bond motifs is 15. The minimum atomic E-state index is 0.839. The molecule has 4 aromatic heterocycles. The fourth-order valence-corrected chi connectivity index (χ4v) is 11.6. The van der Waals surface area contributed by atoms with Crippen LogP contribution in [0.15, 0.2) is 227 Å². The Hall–Kier alpha value is -9.26. The van der Waals surface area contributed by atoms with E-state index < -0.39 is 0 Å². The van der Waals surface area contributed by atoms with Gasteiger partial charge in [0.25, 0.3) is 0 Å². The summed E-state index contributed by atoms with van der Waals surface area (Å²) in [6.45, 7) is 0. The molecule has 330 valence electrons. The Morgan fingerprint density at radius 2 is 0.700 bits per heavy atom. The average molecular weight is 899 g/mol. The summed E-state index contributed by atoms with van der Waals surface area (Å²) in [5.74, 6) is 0. The maximum atomic E-state index is 6.77. The normalized spacial score (nSPS) is 12.1. The number of para-hydroxylation sites is 4. The lowest BCUT2D eigenvalue weighted by Crippen LogP contribution is -2.10. The van der Waals surface area contributed by atoms with E-state index in [1.165, 1.54) is 43.6 Å². The van der Waals surface area contributed by atoms with E-state index in [4.69, 9.17) is 8.83 Å². The zero-order valence-corrected chi connectivity index (χ0v) is 38.4. The molecule has 0 atom stereocenters. The molecule has 0 N–H and O–H groups in total. The first-order chi connectivity index (χ1) is 34.5. The summed E-state index contributed by atoms with van der Waals surface area (Å²) in [6, 6.07) is 78.6. The molecule has 70 heavy (non-hydrogen) atoms.